The molecule has 1 atom stereocenters. The molecule has 152 valence electrons. The molecule has 0 amide bonds. The third-order valence-electron chi connectivity index (χ3n) is 5.74. The van der Waals surface area contributed by atoms with Crippen molar-refractivity contribution in [3.05, 3.63) is 78.4 Å². The van der Waals surface area contributed by atoms with Crippen LogP contribution in [0.15, 0.2) is 72.8 Å². The molecule has 0 heterocycles. The van der Waals surface area contributed by atoms with Crippen LogP contribution in [0.3, 0.4) is 0 Å². The summed E-state index contributed by atoms with van der Waals surface area (Å²) in [5.74, 6) is 0.660. The monoisotopic (exact) mass is 398 g/mol. The maximum Gasteiger partial charge on any atom is 0.339 e. The first-order chi connectivity index (χ1) is 14.5. The third kappa shape index (κ3) is 3.52. The zero-order chi connectivity index (χ0) is 21.3. The van der Waals surface area contributed by atoms with Crippen molar-refractivity contribution in [1.29, 1.82) is 0 Å². The van der Waals surface area contributed by atoms with E-state index in [2.05, 4.69) is 24.3 Å². The summed E-state index contributed by atoms with van der Waals surface area (Å²) in [5.41, 5.74) is 2.31. The summed E-state index contributed by atoms with van der Waals surface area (Å²) >= 11 is 0. The molecule has 4 aromatic carbocycles. The number of carbonyl (C=O) groups excluding carboxylic acids is 1. The van der Waals surface area contributed by atoms with Crippen molar-refractivity contribution >= 4 is 27.5 Å². The molecule has 0 saturated heterocycles. The average molecular weight is 399 g/mol. The first-order valence-corrected chi connectivity index (χ1v) is 10.3. The number of hydrogen-bond donors (Lipinski definition) is 0. The maximum atomic E-state index is 13.3. The van der Waals surface area contributed by atoms with E-state index in [9.17, 15) is 4.79 Å². The second kappa shape index (κ2) is 8.19. The van der Waals surface area contributed by atoms with Gasteiger partial charge >= 0.3 is 5.97 Å². The molecule has 0 bridgehead atoms. The topological polar surface area (TPSA) is 35.5 Å². The van der Waals surface area contributed by atoms with Crippen LogP contribution in [-0.2, 0) is 4.74 Å². The van der Waals surface area contributed by atoms with Gasteiger partial charge in [-0.3, -0.25) is 0 Å². The van der Waals surface area contributed by atoms with Crippen molar-refractivity contribution in [2.45, 2.75) is 26.9 Å². The van der Waals surface area contributed by atoms with Gasteiger partial charge in [0.25, 0.3) is 0 Å². The molecule has 0 aliphatic heterocycles. The summed E-state index contributed by atoms with van der Waals surface area (Å²) < 4.78 is 11.6. The Hall–Kier alpha value is -3.33. The quantitative estimate of drug-likeness (QED) is 0.344. The molecule has 0 fully saturated rings. The lowest BCUT2D eigenvalue weighted by molar-refractivity contribution is 0.0239. The van der Waals surface area contributed by atoms with Gasteiger partial charge in [-0.05, 0) is 46.5 Å². The molecule has 30 heavy (non-hydrogen) atoms. The number of hydrogen-bond acceptors (Lipinski definition) is 3. The van der Waals surface area contributed by atoms with Gasteiger partial charge in [-0.1, -0.05) is 74.5 Å². The van der Waals surface area contributed by atoms with E-state index in [1.54, 1.807) is 7.11 Å². The van der Waals surface area contributed by atoms with Crippen LogP contribution in [0.4, 0.5) is 0 Å². The lowest BCUT2D eigenvalue weighted by Gasteiger charge is -2.20. The van der Waals surface area contributed by atoms with Crippen LogP contribution in [0.1, 0.15) is 31.1 Å². The maximum absolute atomic E-state index is 13.3. The summed E-state index contributed by atoms with van der Waals surface area (Å²) in [5, 5.41) is 4.20. The van der Waals surface area contributed by atoms with Crippen molar-refractivity contribution in [1.82, 2.24) is 0 Å². The second-order valence-corrected chi connectivity index (χ2v) is 7.93. The van der Waals surface area contributed by atoms with E-state index in [0.29, 0.717) is 5.56 Å². The molecule has 0 aliphatic carbocycles. The van der Waals surface area contributed by atoms with Crippen molar-refractivity contribution in [3.8, 4) is 16.9 Å². The molecular formula is C27H26O3. The Morgan fingerprint density at radius 3 is 1.90 bits per heavy atom. The Morgan fingerprint density at radius 1 is 0.733 bits per heavy atom. The molecule has 0 saturated carbocycles. The first kappa shape index (κ1) is 20.0. The Balaban J connectivity index is 2.05. The van der Waals surface area contributed by atoms with Gasteiger partial charge in [0.1, 0.15) is 11.9 Å². The van der Waals surface area contributed by atoms with Gasteiger partial charge in [0, 0.05) is 11.1 Å². The molecular weight excluding hydrogens is 372 g/mol. The number of esters is 1. The van der Waals surface area contributed by atoms with E-state index < -0.39 is 0 Å². The Labute approximate surface area is 177 Å². The van der Waals surface area contributed by atoms with Gasteiger partial charge in [-0.15, -0.1) is 0 Å². The van der Waals surface area contributed by atoms with Gasteiger partial charge in [-0.2, -0.15) is 0 Å². The lowest BCUT2D eigenvalue weighted by Crippen LogP contribution is -2.20. The van der Waals surface area contributed by atoms with Crippen LogP contribution in [0.5, 0.6) is 5.75 Å². The fraction of sp³-hybridized carbons (Fsp3) is 0.222. The Bertz CT molecular complexity index is 1220. The highest BCUT2D eigenvalue weighted by molar-refractivity contribution is 6.14. The van der Waals surface area contributed by atoms with Crippen LogP contribution in [0.2, 0.25) is 0 Å². The first-order valence-electron chi connectivity index (χ1n) is 10.3. The van der Waals surface area contributed by atoms with Crippen LogP contribution in [0.25, 0.3) is 32.7 Å². The minimum absolute atomic E-state index is 0.175. The predicted molar refractivity (Wildman–Crippen MR) is 123 cm³/mol. The van der Waals surface area contributed by atoms with Crippen LogP contribution >= 0.6 is 0 Å². The van der Waals surface area contributed by atoms with Crippen molar-refractivity contribution in [2.24, 2.45) is 5.92 Å². The molecule has 0 spiro atoms. The van der Waals surface area contributed by atoms with Crippen molar-refractivity contribution in [2.75, 3.05) is 7.11 Å². The van der Waals surface area contributed by atoms with E-state index in [1.807, 2.05) is 69.3 Å². The average Bonchev–Trinajstić information content (AvgIpc) is 2.77. The van der Waals surface area contributed by atoms with E-state index in [0.717, 1.165) is 38.4 Å². The predicted octanol–water partition coefficient (Wildman–Crippen LogP) is 6.87. The molecule has 0 aliphatic rings. The number of rotatable bonds is 5. The summed E-state index contributed by atoms with van der Waals surface area (Å²) in [7, 11) is 1.66. The van der Waals surface area contributed by atoms with Crippen LogP contribution in [-0.4, -0.2) is 19.2 Å². The highest BCUT2D eigenvalue weighted by Gasteiger charge is 2.23. The molecule has 3 nitrogen and oxygen atoms in total. The summed E-state index contributed by atoms with van der Waals surface area (Å²) in [4.78, 5) is 13.3. The summed E-state index contributed by atoms with van der Waals surface area (Å²) in [6.45, 7) is 6.03. The standard InChI is InChI=1S/C27H26O3/c1-17(2)18(3)30-27(28)23-15-13-19-9-5-7-11-21(19)25(23)26-22-12-8-6-10-20(22)14-16-24(26)29-4/h5-18H,1-4H3/t18-/m1/s1. The Kier molecular flexibility index (Phi) is 5.45. The van der Waals surface area contributed by atoms with E-state index in [4.69, 9.17) is 9.47 Å². The van der Waals surface area contributed by atoms with Crippen LogP contribution < -0.4 is 4.74 Å². The highest BCUT2D eigenvalue weighted by atomic mass is 16.5. The summed E-state index contributed by atoms with van der Waals surface area (Å²) in [6, 6.07) is 24.1. The second-order valence-electron chi connectivity index (χ2n) is 7.93. The Morgan fingerprint density at radius 2 is 1.30 bits per heavy atom. The largest absolute Gasteiger partial charge is 0.496 e. The van der Waals surface area contributed by atoms with E-state index >= 15 is 0 Å². The minimum Gasteiger partial charge on any atom is -0.496 e. The fourth-order valence-corrected chi connectivity index (χ4v) is 3.76. The zero-order valence-electron chi connectivity index (χ0n) is 17.8. The van der Waals surface area contributed by atoms with Gasteiger partial charge in [-0.25, -0.2) is 4.79 Å². The van der Waals surface area contributed by atoms with Gasteiger partial charge in [0.2, 0.25) is 0 Å². The van der Waals surface area contributed by atoms with Crippen molar-refractivity contribution in [3.63, 3.8) is 0 Å². The van der Waals surface area contributed by atoms with E-state index in [-0.39, 0.29) is 18.0 Å². The smallest absolute Gasteiger partial charge is 0.339 e. The number of benzene rings is 4. The number of fused-ring (bicyclic) bond motifs is 2. The lowest BCUT2D eigenvalue weighted by atomic mass is 9.89. The van der Waals surface area contributed by atoms with Crippen LogP contribution in [0, 0.1) is 5.92 Å². The molecule has 0 radical (unpaired) electrons. The van der Waals surface area contributed by atoms with Crippen molar-refractivity contribution < 1.29 is 14.3 Å². The van der Waals surface area contributed by atoms with Gasteiger partial charge < -0.3 is 9.47 Å². The minimum atomic E-state index is -0.313. The van der Waals surface area contributed by atoms with Gasteiger partial charge in [0.05, 0.1) is 12.7 Å². The molecule has 0 N–H and O–H groups in total. The molecule has 0 unspecified atom stereocenters. The molecule has 3 heteroatoms. The molecule has 4 aromatic rings. The molecule has 0 aromatic heterocycles. The van der Waals surface area contributed by atoms with E-state index in [1.165, 1.54) is 0 Å². The number of carbonyl (C=O) groups is 1. The normalized spacial score (nSPS) is 12.3. The molecule has 4 rings (SSSR count). The SMILES string of the molecule is COc1ccc2ccccc2c1-c1c(C(=O)O[C@H](C)C(C)C)ccc2ccccc12. The number of methoxy groups -OCH3 is 1. The number of ether oxygens (including phenoxy) is 2. The third-order valence-corrected chi connectivity index (χ3v) is 5.74. The van der Waals surface area contributed by atoms with Gasteiger partial charge in [0.15, 0.2) is 0 Å². The highest BCUT2D eigenvalue weighted by Crippen LogP contribution is 2.42. The zero-order valence-corrected chi connectivity index (χ0v) is 17.8. The summed E-state index contributed by atoms with van der Waals surface area (Å²) in [6.07, 6.45) is -0.175. The fourth-order valence-electron chi connectivity index (χ4n) is 3.76.